The molecule has 0 radical (unpaired) electrons. The summed E-state index contributed by atoms with van der Waals surface area (Å²) in [6, 6.07) is 19.2. The molecule has 7 nitrogen and oxygen atoms in total. The van der Waals surface area contributed by atoms with Crippen molar-refractivity contribution in [3.8, 4) is 22.5 Å². The quantitative estimate of drug-likeness (QED) is 0.300. The van der Waals surface area contributed by atoms with Crippen molar-refractivity contribution < 1.29 is 28.3 Å². The second-order valence-electron chi connectivity index (χ2n) is 8.46. The average Bonchev–Trinajstić information content (AvgIpc) is 3.19. The lowest BCUT2D eigenvalue weighted by atomic mass is 9.96. The van der Waals surface area contributed by atoms with Crippen molar-refractivity contribution in [1.82, 2.24) is 5.16 Å². The van der Waals surface area contributed by atoms with E-state index >= 15 is 0 Å². The van der Waals surface area contributed by atoms with E-state index in [2.05, 4.69) is 10.5 Å². The van der Waals surface area contributed by atoms with Crippen LogP contribution in [0.15, 0.2) is 71.3 Å². The highest BCUT2D eigenvalue weighted by Gasteiger charge is 2.21. The molecule has 1 amide bonds. The third-order valence-electron chi connectivity index (χ3n) is 5.83. The summed E-state index contributed by atoms with van der Waals surface area (Å²) in [5.41, 5.74) is 5.42. The number of rotatable bonds is 7. The van der Waals surface area contributed by atoms with E-state index in [4.69, 9.17) is 14.4 Å². The number of anilines is 1. The van der Waals surface area contributed by atoms with Gasteiger partial charge in [-0.3, -0.25) is 10.1 Å². The molecular weight excluding hydrogens is 463 g/mol. The first-order valence-corrected chi connectivity index (χ1v) is 11.3. The minimum absolute atomic E-state index is 0.0275. The summed E-state index contributed by atoms with van der Waals surface area (Å²) in [4.78, 5) is 23.5. The fraction of sp³-hybridized carbons (Fsp3) is 0.179. The Balaban J connectivity index is 1.53. The molecule has 1 atom stereocenters. The summed E-state index contributed by atoms with van der Waals surface area (Å²) < 4.78 is 24.9. The standard InChI is InChI=1S/C28H25FN2O5/c1-16-14-21(12-13-22(16)20-10-8-19(9-11-20)15-25(32)33)27-26(17(2)31-36-27)30-28(34)35-18(3)23-6-4-5-7-24(23)29/h4-14,18H,15H2,1-3H3,(H,30,34)(H,32,33). The van der Waals surface area contributed by atoms with E-state index < -0.39 is 24.0 Å². The summed E-state index contributed by atoms with van der Waals surface area (Å²) in [5, 5.41) is 15.6. The molecule has 0 aliphatic heterocycles. The highest BCUT2D eigenvalue weighted by atomic mass is 19.1. The number of hydrogen-bond donors (Lipinski definition) is 2. The molecule has 1 heterocycles. The second kappa shape index (κ2) is 10.4. The van der Waals surface area contributed by atoms with Gasteiger partial charge in [0.15, 0.2) is 5.76 Å². The van der Waals surface area contributed by atoms with Crippen LogP contribution in [0.1, 0.15) is 35.4 Å². The van der Waals surface area contributed by atoms with Crippen LogP contribution in [0.3, 0.4) is 0 Å². The topological polar surface area (TPSA) is 102 Å². The van der Waals surface area contributed by atoms with E-state index in [0.717, 1.165) is 22.3 Å². The van der Waals surface area contributed by atoms with Gasteiger partial charge in [-0.1, -0.05) is 59.8 Å². The Morgan fingerprint density at radius 2 is 1.75 bits per heavy atom. The molecule has 0 bridgehead atoms. The molecule has 0 aliphatic carbocycles. The lowest BCUT2D eigenvalue weighted by Gasteiger charge is -2.15. The van der Waals surface area contributed by atoms with Crippen molar-refractivity contribution in [3.05, 3.63) is 94.9 Å². The van der Waals surface area contributed by atoms with Crippen LogP contribution in [0, 0.1) is 19.7 Å². The molecule has 0 fully saturated rings. The van der Waals surface area contributed by atoms with E-state index in [-0.39, 0.29) is 12.0 Å². The Morgan fingerprint density at radius 1 is 1.06 bits per heavy atom. The number of aliphatic carboxylic acids is 1. The van der Waals surface area contributed by atoms with Crippen LogP contribution in [0.25, 0.3) is 22.5 Å². The zero-order valence-corrected chi connectivity index (χ0v) is 20.0. The van der Waals surface area contributed by atoms with Gasteiger partial charge in [0.1, 0.15) is 23.3 Å². The summed E-state index contributed by atoms with van der Waals surface area (Å²) in [7, 11) is 0. The zero-order valence-electron chi connectivity index (χ0n) is 20.0. The monoisotopic (exact) mass is 488 g/mol. The van der Waals surface area contributed by atoms with Gasteiger partial charge < -0.3 is 14.4 Å². The predicted octanol–water partition coefficient (Wildman–Crippen LogP) is 6.70. The average molecular weight is 489 g/mol. The number of carboxylic acid groups (broad SMARTS) is 1. The van der Waals surface area contributed by atoms with Gasteiger partial charge in [0.25, 0.3) is 0 Å². The van der Waals surface area contributed by atoms with Crippen LogP contribution in [0.4, 0.5) is 14.9 Å². The molecule has 3 aromatic carbocycles. The normalized spacial score (nSPS) is 11.7. The van der Waals surface area contributed by atoms with Crippen LogP contribution in [-0.4, -0.2) is 22.3 Å². The molecule has 1 aromatic heterocycles. The largest absolute Gasteiger partial charge is 0.481 e. The Morgan fingerprint density at radius 3 is 2.42 bits per heavy atom. The molecule has 2 N–H and O–H groups in total. The first kappa shape index (κ1) is 24.7. The first-order chi connectivity index (χ1) is 17.2. The number of aryl methyl sites for hydroxylation is 2. The lowest BCUT2D eigenvalue weighted by Crippen LogP contribution is -2.17. The first-order valence-electron chi connectivity index (χ1n) is 11.3. The number of carbonyl (C=O) groups is 2. The summed E-state index contributed by atoms with van der Waals surface area (Å²) in [5.74, 6) is -0.957. The number of carboxylic acids is 1. The summed E-state index contributed by atoms with van der Waals surface area (Å²) in [6.07, 6.45) is -1.58. The molecule has 4 rings (SSSR count). The zero-order chi connectivity index (χ0) is 25.8. The maximum absolute atomic E-state index is 14.0. The van der Waals surface area contributed by atoms with E-state index in [1.165, 1.54) is 6.07 Å². The maximum atomic E-state index is 14.0. The van der Waals surface area contributed by atoms with Crippen molar-refractivity contribution in [3.63, 3.8) is 0 Å². The molecule has 0 spiro atoms. The van der Waals surface area contributed by atoms with Gasteiger partial charge in [0.2, 0.25) is 0 Å². The van der Waals surface area contributed by atoms with Crippen molar-refractivity contribution >= 4 is 17.7 Å². The third kappa shape index (κ3) is 5.43. The van der Waals surface area contributed by atoms with Crippen LogP contribution in [0.2, 0.25) is 0 Å². The van der Waals surface area contributed by atoms with Crippen LogP contribution in [-0.2, 0) is 16.0 Å². The van der Waals surface area contributed by atoms with Crippen molar-refractivity contribution in [2.45, 2.75) is 33.3 Å². The Labute approximate surface area is 207 Å². The molecule has 36 heavy (non-hydrogen) atoms. The second-order valence-corrected chi connectivity index (χ2v) is 8.46. The van der Waals surface area contributed by atoms with Crippen molar-refractivity contribution in [2.24, 2.45) is 0 Å². The Hall–Kier alpha value is -4.46. The molecule has 8 heteroatoms. The highest BCUT2D eigenvalue weighted by molar-refractivity contribution is 5.91. The molecule has 1 unspecified atom stereocenters. The number of nitrogens with zero attached hydrogens (tertiary/aromatic N) is 1. The van der Waals surface area contributed by atoms with E-state index in [1.54, 1.807) is 44.2 Å². The van der Waals surface area contributed by atoms with Gasteiger partial charge in [-0.05, 0) is 55.2 Å². The fourth-order valence-corrected chi connectivity index (χ4v) is 3.98. The molecule has 0 saturated carbocycles. The molecule has 4 aromatic rings. The van der Waals surface area contributed by atoms with Gasteiger partial charge in [-0.2, -0.15) is 0 Å². The van der Waals surface area contributed by atoms with Crippen LogP contribution >= 0.6 is 0 Å². The number of carbonyl (C=O) groups excluding carboxylic acids is 1. The van der Waals surface area contributed by atoms with Gasteiger partial charge in [0.05, 0.1) is 6.42 Å². The minimum atomic E-state index is -0.874. The third-order valence-corrected chi connectivity index (χ3v) is 5.83. The number of ether oxygens (including phenoxy) is 1. The van der Waals surface area contributed by atoms with Crippen LogP contribution < -0.4 is 5.32 Å². The number of benzene rings is 3. The van der Waals surface area contributed by atoms with Gasteiger partial charge in [-0.25, -0.2) is 9.18 Å². The fourth-order valence-electron chi connectivity index (χ4n) is 3.98. The number of amides is 1. The Kier molecular flexibility index (Phi) is 7.15. The molecular formula is C28H25FN2O5. The summed E-state index contributed by atoms with van der Waals surface area (Å²) in [6.45, 7) is 5.24. The van der Waals surface area contributed by atoms with Gasteiger partial charge in [0, 0.05) is 11.1 Å². The minimum Gasteiger partial charge on any atom is -0.481 e. The van der Waals surface area contributed by atoms with Crippen molar-refractivity contribution in [2.75, 3.05) is 5.32 Å². The molecule has 0 saturated heterocycles. The van der Waals surface area contributed by atoms with Gasteiger partial charge >= 0.3 is 12.1 Å². The van der Waals surface area contributed by atoms with Crippen molar-refractivity contribution in [1.29, 1.82) is 0 Å². The Bertz CT molecular complexity index is 1410. The molecule has 184 valence electrons. The van der Waals surface area contributed by atoms with E-state index in [0.29, 0.717) is 22.7 Å². The van der Waals surface area contributed by atoms with E-state index in [1.807, 2.05) is 37.3 Å². The number of halogens is 1. The lowest BCUT2D eigenvalue weighted by molar-refractivity contribution is -0.136. The molecule has 0 aliphatic rings. The number of nitrogens with one attached hydrogen (secondary N) is 1. The van der Waals surface area contributed by atoms with Gasteiger partial charge in [-0.15, -0.1) is 0 Å². The SMILES string of the molecule is Cc1cc(-c2onc(C)c2NC(=O)OC(C)c2ccccc2F)ccc1-c1ccc(CC(=O)O)cc1. The number of hydrogen-bond acceptors (Lipinski definition) is 5. The maximum Gasteiger partial charge on any atom is 0.412 e. The number of aromatic nitrogens is 1. The predicted molar refractivity (Wildman–Crippen MR) is 133 cm³/mol. The summed E-state index contributed by atoms with van der Waals surface area (Å²) >= 11 is 0. The highest BCUT2D eigenvalue weighted by Crippen LogP contribution is 2.34. The van der Waals surface area contributed by atoms with E-state index in [9.17, 15) is 14.0 Å². The smallest absolute Gasteiger partial charge is 0.412 e. The van der Waals surface area contributed by atoms with Crippen LogP contribution in [0.5, 0.6) is 0 Å².